The van der Waals surface area contributed by atoms with Gasteiger partial charge in [0, 0.05) is 18.0 Å². The minimum Gasteiger partial charge on any atom is -0.304 e. The summed E-state index contributed by atoms with van der Waals surface area (Å²) in [5.74, 6) is 0.710. The molecular weight excluding hydrogens is 230 g/mol. The van der Waals surface area contributed by atoms with Gasteiger partial charge in [-0.05, 0) is 18.4 Å². The quantitative estimate of drug-likeness (QED) is 0.757. The van der Waals surface area contributed by atoms with Gasteiger partial charge in [0.25, 0.3) is 5.91 Å². The maximum absolute atomic E-state index is 11.7. The number of rotatable bonds is 5. The lowest BCUT2D eigenvalue weighted by Gasteiger charge is -2.05. The molecule has 2 heterocycles. The second kappa shape index (κ2) is 5.48. The Hall–Kier alpha value is -2.11. The Bertz CT molecular complexity index is 502. The van der Waals surface area contributed by atoms with Crippen LogP contribution in [0.2, 0.25) is 0 Å². The van der Waals surface area contributed by atoms with Crippen molar-refractivity contribution in [3.05, 3.63) is 29.7 Å². The van der Waals surface area contributed by atoms with E-state index < -0.39 is 0 Å². The summed E-state index contributed by atoms with van der Waals surface area (Å²) in [5.41, 5.74) is 1.46. The van der Waals surface area contributed by atoms with Crippen molar-refractivity contribution in [1.82, 2.24) is 20.4 Å². The van der Waals surface area contributed by atoms with Gasteiger partial charge in [0.05, 0.1) is 0 Å². The number of aromatic amines is 2. The second-order valence-electron chi connectivity index (χ2n) is 4.32. The van der Waals surface area contributed by atoms with E-state index in [0.717, 1.165) is 18.5 Å². The van der Waals surface area contributed by atoms with E-state index in [4.69, 9.17) is 0 Å². The van der Waals surface area contributed by atoms with Gasteiger partial charge in [-0.15, -0.1) is 0 Å². The minimum absolute atomic E-state index is 0.242. The Kier molecular flexibility index (Phi) is 3.76. The average molecular weight is 247 g/mol. The molecular formula is C12H17N5O. The van der Waals surface area contributed by atoms with E-state index in [9.17, 15) is 4.79 Å². The Morgan fingerprint density at radius 2 is 2.33 bits per heavy atom. The maximum atomic E-state index is 11.7. The lowest BCUT2D eigenvalue weighted by Crippen LogP contribution is -2.12. The fraction of sp³-hybridized carbons (Fsp3) is 0.417. The molecule has 0 spiro atoms. The number of aromatic nitrogens is 4. The van der Waals surface area contributed by atoms with Gasteiger partial charge in [-0.25, -0.2) is 0 Å². The number of amides is 1. The lowest BCUT2D eigenvalue weighted by molar-refractivity contribution is 0.102. The van der Waals surface area contributed by atoms with Gasteiger partial charge < -0.3 is 5.32 Å². The van der Waals surface area contributed by atoms with E-state index in [1.54, 1.807) is 6.07 Å². The summed E-state index contributed by atoms with van der Waals surface area (Å²) >= 11 is 0. The highest BCUT2D eigenvalue weighted by Crippen LogP contribution is 2.20. The second-order valence-corrected chi connectivity index (χ2v) is 4.32. The maximum Gasteiger partial charge on any atom is 0.274 e. The number of nitrogens with zero attached hydrogens (tertiary/aromatic N) is 2. The molecule has 1 atom stereocenters. The van der Waals surface area contributed by atoms with Crippen LogP contribution in [-0.2, 0) is 0 Å². The molecule has 0 fully saturated rings. The highest BCUT2D eigenvalue weighted by molar-refractivity contribution is 6.02. The molecule has 3 N–H and O–H groups in total. The molecule has 2 aromatic rings. The van der Waals surface area contributed by atoms with Crippen LogP contribution in [0.3, 0.4) is 0 Å². The van der Waals surface area contributed by atoms with Crippen LogP contribution in [0.25, 0.3) is 0 Å². The molecule has 2 rings (SSSR count). The van der Waals surface area contributed by atoms with Gasteiger partial charge >= 0.3 is 0 Å². The molecule has 2 aromatic heterocycles. The highest BCUT2D eigenvalue weighted by Gasteiger charge is 2.12. The first-order valence-corrected chi connectivity index (χ1v) is 6.06. The number of H-pyrrole nitrogens is 2. The first kappa shape index (κ1) is 12.3. The summed E-state index contributed by atoms with van der Waals surface area (Å²) in [6.45, 7) is 4.28. The highest BCUT2D eigenvalue weighted by atomic mass is 16.2. The fourth-order valence-electron chi connectivity index (χ4n) is 1.81. The topological polar surface area (TPSA) is 86.5 Å². The van der Waals surface area contributed by atoms with Gasteiger partial charge in [-0.1, -0.05) is 20.3 Å². The smallest absolute Gasteiger partial charge is 0.274 e. The van der Waals surface area contributed by atoms with Crippen molar-refractivity contribution < 1.29 is 4.79 Å². The SMILES string of the molecule is CCC[C@H](C)c1cc(NC(=O)c2ccn[nH]2)n[nH]1. The number of carbonyl (C=O) groups is 1. The van der Waals surface area contributed by atoms with E-state index in [1.807, 2.05) is 6.07 Å². The van der Waals surface area contributed by atoms with E-state index in [-0.39, 0.29) is 5.91 Å². The molecule has 0 saturated heterocycles. The average Bonchev–Trinajstić information content (AvgIpc) is 2.99. The predicted octanol–water partition coefficient (Wildman–Crippen LogP) is 2.29. The fourth-order valence-corrected chi connectivity index (χ4v) is 1.81. The predicted molar refractivity (Wildman–Crippen MR) is 68.5 cm³/mol. The van der Waals surface area contributed by atoms with Crippen molar-refractivity contribution in [2.75, 3.05) is 5.32 Å². The number of anilines is 1. The summed E-state index contributed by atoms with van der Waals surface area (Å²) in [7, 11) is 0. The summed E-state index contributed by atoms with van der Waals surface area (Å²) < 4.78 is 0. The zero-order valence-corrected chi connectivity index (χ0v) is 10.5. The van der Waals surface area contributed by atoms with E-state index in [1.165, 1.54) is 6.20 Å². The summed E-state index contributed by atoms with van der Waals surface area (Å²) in [4.78, 5) is 11.7. The zero-order valence-electron chi connectivity index (χ0n) is 10.5. The van der Waals surface area contributed by atoms with Gasteiger partial charge in [-0.3, -0.25) is 15.0 Å². The third kappa shape index (κ3) is 2.77. The van der Waals surface area contributed by atoms with Gasteiger partial charge in [-0.2, -0.15) is 10.2 Å². The molecule has 0 bridgehead atoms. The first-order chi connectivity index (χ1) is 8.70. The van der Waals surface area contributed by atoms with Crippen molar-refractivity contribution in [2.45, 2.75) is 32.6 Å². The molecule has 96 valence electrons. The van der Waals surface area contributed by atoms with E-state index >= 15 is 0 Å². The first-order valence-electron chi connectivity index (χ1n) is 6.06. The Morgan fingerprint density at radius 3 is 3.00 bits per heavy atom. The van der Waals surface area contributed by atoms with Crippen LogP contribution in [-0.4, -0.2) is 26.3 Å². The van der Waals surface area contributed by atoms with E-state index in [2.05, 4.69) is 39.6 Å². The molecule has 0 aliphatic rings. The molecule has 6 heteroatoms. The van der Waals surface area contributed by atoms with Crippen LogP contribution < -0.4 is 5.32 Å². The van der Waals surface area contributed by atoms with Crippen LogP contribution in [0.15, 0.2) is 18.3 Å². The van der Waals surface area contributed by atoms with Gasteiger partial charge in [0.1, 0.15) is 5.69 Å². The number of nitrogens with one attached hydrogen (secondary N) is 3. The summed E-state index contributed by atoms with van der Waals surface area (Å²) in [5, 5.41) is 16.1. The Morgan fingerprint density at radius 1 is 1.50 bits per heavy atom. The molecule has 0 saturated carbocycles. The van der Waals surface area contributed by atoms with Gasteiger partial charge in [0.15, 0.2) is 5.82 Å². The summed E-state index contributed by atoms with van der Waals surface area (Å²) in [6, 6.07) is 3.48. The van der Waals surface area contributed by atoms with Crippen LogP contribution in [0.5, 0.6) is 0 Å². The molecule has 0 radical (unpaired) electrons. The zero-order chi connectivity index (χ0) is 13.0. The number of hydrogen-bond acceptors (Lipinski definition) is 3. The van der Waals surface area contributed by atoms with Crippen molar-refractivity contribution in [2.24, 2.45) is 0 Å². The van der Waals surface area contributed by atoms with Crippen molar-refractivity contribution >= 4 is 11.7 Å². The molecule has 0 unspecified atom stereocenters. The van der Waals surface area contributed by atoms with Crippen LogP contribution >= 0.6 is 0 Å². The van der Waals surface area contributed by atoms with E-state index in [0.29, 0.717) is 17.4 Å². The van der Waals surface area contributed by atoms with Crippen molar-refractivity contribution in [3.8, 4) is 0 Å². The van der Waals surface area contributed by atoms with Crippen LogP contribution in [0, 0.1) is 0 Å². The lowest BCUT2D eigenvalue weighted by atomic mass is 10.0. The third-order valence-corrected chi connectivity index (χ3v) is 2.84. The third-order valence-electron chi connectivity index (χ3n) is 2.84. The van der Waals surface area contributed by atoms with Crippen molar-refractivity contribution in [3.63, 3.8) is 0 Å². The summed E-state index contributed by atoms with van der Waals surface area (Å²) in [6.07, 6.45) is 3.75. The Labute approximate surface area is 105 Å². The number of hydrogen-bond donors (Lipinski definition) is 3. The van der Waals surface area contributed by atoms with Gasteiger partial charge in [0.2, 0.25) is 0 Å². The standard InChI is InChI=1S/C12H17N5O/c1-3-4-8(2)10-7-11(17-16-10)14-12(18)9-5-6-13-15-9/h5-8H,3-4H2,1-2H3,(H,13,15)(H2,14,16,17,18)/t8-/m0/s1. The molecule has 18 heavy (non-hydrogen) atoms. The Balaban J connectivity index is 2.00. The largest absolute Gasteiger partial charge is 0.304 e. The molecule has 0 aromatic carbocycles. The molecule has 1 amide bonds. The molecule has 6 nitrogen and oxygen atoms in total. The molecule has 0 aliphatic heterocycles. The monoisotopic (exact) mass is 247 g/mol. The molecule has 0 aliphatic carbocycles. The van der Waals surface area contributed by atoms with Crippen LogP contribution in [0.4, 0.5) is 5.82 Å². The van der Waals surface area contributed by atoms with Crippen LogP contribution in [0.1, 0.15) is 48.8 Å². The van der Waals surface area contributed by atoms with Crippen molar-refractivity contribution in [1.29, 1.82) is 0 Å². The minimum atomic E-state index is -0.242. The number of carbonyl (C=O) groups excluding carboxylic acids is 1. The normalized spacial score (nSPS) is 12.3.